The van der Waals surface area contributed by atoms with E-state index in [0.717, 1.165) is 85.5 Å². The molecule has 6 rings (SSSR count). The Morgan fingerprint density at radius 3 is 2.79 bits per heavy atom. The van der Waals surface area contributed by atoms with Crippen LogP contribution in [-0.4, -0.2) is 31.7 Å². The van der Waals surface area contributed by atoms with Crippen molar-refractivity contribution in [1.82, 2.24) is 30.5 Å². The number of aryl methyl sites for hydroxylation is 1. The highest BCUT2D eigenvalue weighted by atomic mass is 32.1. The van der Waals surface area contributed by atoms with E-state index >= 15 is 0 Å². The number of aromatic nitrogens is 5. The van der Waals surface area contributed by atoms with Gasteiger partial charge in [-0.15, -0.1) is 11.3 Å². The molecule has 0 radical (unpaired) electrons. The van der Waals surface area contributed by atoms with Crippen LogP contribution >= 0.6 is 11.3 Å². The number of nitrogens with one attached hydrogen (secondary N) is 3. The Morgan fingerprint density at radius 1 is 1.15 bits per heavy atom. The van der Waals surface area contributed by atoms with Gasteiger partial charge in [-0.3, -0.25) is 10.1 Å². The molecule has 8 heteroatoms. The Bertz CT molecular complexity index is 1650. The highest BCUT2D eigenvalue weighted by molar-refractivity contribution is 7.11. The van der Waals surface area contributed by atoms with Crippen LogP contribution in [0.1, 0.15) is 47.4 Å². The molecule has 0 bridgehead atoms. The molecule has 5 aromatic heterocycles. The van der Waals surface area contributed by atoms with E-state index in [4.69, 9.17) is 0 Å². The minimum absolute atomic E-state index is 0.213. The number of allylic oxidation sites excluding steroid dienone is 2. The lowest BCUT2D eigenvalue weighted by atomic mass is 10.0. The van der Waals surface area contributed by atoms with Crippen molar-refractivity contribution in [2.24, 2.45) is 5.92 Å². The zero-order chi connectivity index (χ0) is 26.8. The van der Waals surface area contributed by atoms with Crippen LogP contribution in [0.25, 0.3) is 39.1 Å². The molecule has 1 saturated carbocycles. The first-order valence-electron chi connectivity index (χ1n) is 13.4. The molecule has 39 heavy (non-hydrogen) atoms. The van der Waals surface area contributed by atoms with Crippen molar-refractivity contribution in [3.8, 4) is 22.5 Å². The summed E-state index contributed by atoms with van der Waals surface area (Å²) >= 11 is 1.12. The standard InChI is InChI=1S/C31H31FN6S/c1-3-6-24(28-9-10-29(32)39-28)25-13-27(36-19(25)2)30-26-12-23(18-35-31(26)38-37-30)22-11-21(16-34-17-22)15-33-14-20-7-4-5-8-20/h3,6,9-13,16-18,20,33,36H,1,4-5,7-8,14-15H2,2H3,(H,35,37,38)/b24-6+. The van der Waals surface area contributed by atoms with Gasteiger partial charge in [0.25, 0.3) is 0 Å². The Morgan fingerprint density at radius 2 is 2.00 bits per heavy atom. The number of nitrogens with zero attached hydrogens (tertiary/aromatic N) is 3. The third kappa shape index (κ3) is 5.35. The summed E-state index contributed by atoms with van der Waals surface area (Å²) in [6.45, 7) is 7.75. The van der Waals surface area contributed by atoms with Gasteiger partial charge in [-0.2, -0.15) is 9.49 Å². The van der Waals surface area contributed by atoms with Crippen LogP contribution in [0.5, 0.6) is 0 Å². The van der Waals surface area contributed by atoms with Crippen molar-refractivity contribution in [3.05, 3.63) is 94.5 Å². The SMILES string of the molecule is C=C/C=C(/c1ccc(F)s1)c1cc(-c2[nH]nc3ncc(-c4cncc(CNCC5CCCC5)c4)cc23)[nH]c1C. The van der Waals surface area contributed by atoms with Gasteiger partial charge >= 0.3 is 0 Å². The Labute approximate surface area is 231 Å². The molecule has 0 amide bonds. The van der Waals surface area contributed by atoms with E-state index in [1.165, 1.54) is 31.7 Å². The van der Waals surface area contributed by atoms with Crippen molar-refractivity contribution in [2.75, 3.05) is 6.54 Å². The lowest BCUT2D eigenvalue weighted by molar-refractivity contribution is 0.489. The second-order valence-corrected chi connectivity index (χ2v) is 11.2. The number of hydrogen-bond donors (Lipinski definition) is 3. The zero-order valence-electron chi connectivity index (χ0n) is 21.9. The average Bonchev–Trinajstić information content (AvgIpc) is 3.75. The number of aromatic amines is 2. The molecule has 198 valence electrons. The first-order valence-corrected chi connectivity index (χ1v) is 14.2. The number of thiophene rings is 1. The lowest BCUT2D eigenvalue weighted by Gasteiger charge is -2.11. The second kappa shape index (κ2) is 11.1. The smallest absolute Gasteiger partial charge is 0.181 e. The van der Waals surface area contributed by atoms with Crippen molar-refractivity contribution < 1.29 is 4.39 Å². The molecule has 6 nitrogen and oxygen atoms in total. The normalized spacial score (nSPS) is 14.5. The summed E-state index contributed by atoms with van der Waals surface area (Å²) in [6.07, 6.45) is 14.7. The maximum Gasteiger partial charge on any atom is 0.181 e. The number of H-pyrrole nitrogens is 2. The number of halogens is 1. The van der Waals surface area contributed by atoms with Gasteiger partial charge in [-0.05, 0) is 68.1 Å². The predicted molar refractivity (Wildman–Crippen MR) is 157 cm³/mol. The fourth-order valence-corrected chi connectivity index (χ4v) is 6.26. The minimum atomic E-state index is -0.213. The zero-order valence-corrected chi connectivity index (χ0v) is 22.7. The topological polar surface area (TPSA) is 82.3 Å². The van der Waals surface area contributed by atoms with Gasteiger partial charge in [0.2, 0.25) is 0 Å². The molecule has 0 unspecified atom stereocenters. The maximum atomic E-state index is 13.8. The average molecular weight is 539 g/mol. The van der Waals surface area contributed by atoms with Crippen LogP contribution in [0.4, 0.5) is 4.39 Å². The molecule has 0 spiro atoms. The van der Waals surface area contributed by atoms with Crippen molar-refractivity contribution in [3.63, 3.8) is 0 Å². The molecule has 0 atom stereocenters. The molecular weight excluding hydrogens is 507 g/mol. The Balaban J connectivity index is 1.29. The Kier molecular flexibility index (Phi) is 7.22. The minimum Gasteiger partial charge on any atom is -0.357 e. The monoisotopic (exact) mass is 538 g/mol. The summed E-state index contributed by atoms with van der Waals surface area (Å²) in [6, 6.07) is 9.65. The van der Waals surface area contributed by atoms with E-state index in [2.05, 4.69) is 55.2 Å². The number of fused-ring (bicyclic) bond motifs is 1. The van der Waals surface area contributed by atoms with Crippen molar-refractivity contribution >= 4 is 27.9 Å². The summed E-state index contributed by atoms with van der Waals surface area (Å²) in [5.41, 5.74) is 8.44. The van der Waals surface area contributed by atoms with E-state index in [1.54, 1.807) is 12.1 Å². The third-order valence-electron chi connectivity index (χ3n) is 7.47. The van der Waals surface area contributed by atoms with Crippen LogP contribution < -0.4 is 5.32 Å². The third-order valence-corrected chi connectivity index (χ3v) is 8.38. The molecule has 0 aromatic carbocycles. The van der Waals surface area contributed by atoms with E-state index in [-0.39, 0.29) is 5.13 Å². The van der Waals surface area contributed by atoms with Gasteiger partial charge in [0, 0.05) is 63.4 Å². The first-order chi connectivity index (χ1) is 19.1. The van der Waals surface area contributed by atoms with Gasteiger partial charge in [-0.25, -0.2) is 4.98 Å². The molecule has 0 aliphatic heterocycles. The van der Waals surface area contributed by atoms with Gasteiger partial charge in [0.05, 0.1) is 11.4 Å². The fourth-order valence-electron chi connectivity index (χ4n) is 5.49. The molecular formula is C31H31FN6S. The summed E-state index contributed by atoms with van der Waals surface area (Å²) < 4.78 is 13.8. The predicted octanol–water partition coefficient (Wildman–Crippen LogP) is 7.42. The van der Waals surface area contributed by atoms with Crippen molar-refractivity contribution in [1.29, 1.82) is 0 Å². The van der Waals surface area contributed by atoms with E-state index in [0.29, 0.717) is 5.65 Å². The van der Waals surface area contributed by atoms with Crippen LogP contribution in [0, 0.1) is 18.0 Å². The van der Waals surface area contributed by atoms with Crippen molar-refractivity contribution in [2.45, 2.75) is 39.2 Å². The number of pyridine rings is 2. The molecule has 1 aliphatic rings. The van der Waals surface area contributed by atoms with Crippen LogP contribution in [0.2, 0.25) is 0 Å². The first kappa shape index (κ1) is 25.4. The van der Waals surface area contributed by atoms with Gasteiger partial charge < -0.3 is 10.3 Å². The largest absolute Gasteiger partial charge is 0.357 e. The van der Waals surface area contributed by atoms with Gasteiger partial charge in [0.1, 0.15) is 0 Å². The lowest BCUT2D eigenvalue weighted by Crippen LogP contribution is -2.20. The summed E-state index contributed by atoms with van der Waals surface area (Å²) in [7, 11) is 0. The van der Waals surface area contributed by atoms with E-state index in [1.807, 2.05) is 31.6 Å². The van der Waals surface area contributed by atoms with Crippen LogP contribution in [0.3, 0.4) is 0 Å². The summed E-state index contributed by atoms with van der Waals surface area (Å²) in [5.74, 6) is 0.805. The Hall–Kier alpha value is -3.88. The molecule has 1 aliphatic carbocycles. The molecule has 5 heterocycles. The summed E-state index contributed by atoms with van der Waals surface area (Å²) in [5, 5.41) is 11.9. The second-order valence-electron chi connectivity index (χ2n) is 10.2. The van der Waals surface area contributed by atoms with Crippen LogP contribution in [-0.2, 0) is 6.54 Å². The fraction of sp³-hybridized carbons (Fsp3) is 0.258. The number of rotatable bonds is 9. The quantitative estimate of drug-likeness (QED) is 0.171. The maximum absolute atomic E-state index is 13.8. The van der Waals surface area contributed by atoms with E-state index in [9.17, 15) is 4.39 Å². The number of hydrogen-bond acceptors (Lipinski definition) is 5. The van der Waals surface area contributed by atoms with Gasteiger partial charge in [0.15, 0.2) is 10.8 Å². The highest BCUT2D eigenvalue weighted by Crippen LogP contribution is 2.35. The van der Waals surface area contributed by atoms with Crippen LogP contribution in [0.15, 0.2) is 67.7 Å². The molecule has 3 N–H and O–H groups in total. The molecule has 1 fully saturated rings. The molecule has 0 saturated heterocycles. The molecule has 5 aromatic rings. The summed E-state index contributed by atoms with van der Waals surface area (Å²) in [4.78, 5) is 13.5. The van der Waals surface area contributed by atoms with Gasteiger partial charge in [-0.1, -0.05) is 31.6 Å². The highest BCUT2D eigenvalue weighted by Gasteiger charge is 2.18. The van der Waals surface area contributed by atoms with E-state index < -0.39 is 0 Å².